The van der Waals surface area contributed by atoms with Crippen molar-refractivity contribution in [3.8, 4) is 33.4 Å². The Bertz CT molecular complexity index is 3120. The van der Waals surface area contributed by atoms with E-state index in [4.69, 9.17) is 5.73 Å². The highest BCUT2D eigenvalue weighted by molar-refractivity contribution is 5.84. The molecule has 0 amide bonds. The van der Waals surface area contributed by atoms with Gasteiger partial charge >= 0.3 is 0 Å². The smallest absolute Gasteiger partial charge is 0.0551 e. The van der Waals surface area contributed by atoms with Crippen molar-refractivity contribution in [2.75, 3.05) is 5.32 Å². The van der Waals surface area contributed by atoms with E-state index in [0.29, 0.717) is 0 Å². The number of fused-ring (bicyclic) bond motifs is 2. The van der Waals surface area contributed by atoms with Crippen LogP contribution in [0.5, 0.6) is 0 Å². The maximum absolute atomic E-state index is 6.12. The largest absolute Gasteiger partial charge is 0.355 e. The molecule has 2 heteroatoms. The Morgan fingerprint density at radius 2 is 0.826 bits per heavy atom. The van der Waals surface area contributed by atoms with E-state index in [1.165, 1.54) is 72.3 Å². The van der Waals surface area contributed by atoms with Crippen LogP contribution < -0.4 is 11.1 Å². The molecule has 0 aliphatic heterocycles. The molecule has 338 valence electrons. The fourth-order valence-electron chi connectivity index (χ4n) is 8.47. The molecule has 0 bridgehead atoms. The Labute approximate surface area is 410 Å². The fraction of sp³-hybridized carbons (Fsp3) is 0.0746. The molecule has 1 aliphatic rings. The molecule has 9 aromatic rings. The predicted octanol–water partition coefficient (Wildman–Crippen LogP) is 17.5. The summed E-state index contributed by atoms with van der Waals surface area (Å²) in [5.74, 6) is 0. The summed E-state index contributed by atoms with van der Waals surface area (Å²) in [5, 5.41) is 3.57. The van der Waals surface area contributed by atoms with Gasteiger partial charge in [0.25, 0.3) is 0 Å². The molecule has 1 aliphatic carbocycles. The molecule has 0 heterocycles. The van der Waals surface area contributed by atoms with Gasteiger partial charge in [-0.15, -0.1) is 0 Å². The van der Waals surface area contributed by atoms with Crippen LogP contribution in [0.4, 0.5) is 5.69 Å². The van der Waals surface area contributed by atoms with Crippen LogP contribution in [-0.4, -0.2) is 0 Å². The minimum Gasteiger partial charge on any atom is -0.355 e. The van der Waals surface area contributed by atoms with E-state index < -0.39 is 0 Å². The maximum Gasteiger partial charge on any atom is 0.0551 e. The number of allylic oxidation sites excluding steroid dienone is 4. The molecule has 0 spiro atoms. The molecule has 3 N–H and O–H groups in total. The van der Waals surface area contributed by atoms with E-state index in [-0.39, 0.29) is 6.04 Å². The Kier molecular flexibility index (Phi) is 16.4. The normalized spacial score (nSPS) is 13.7. The van der Waals surface area contributed by atoms with Gasteiger partial charge in [0.2, 0.25) is 0 Å². The SMILES string of the molecule is C1=C\c2ccccc2/C=C/C=C\c2ccccc2/C(Nc2ccccc2)=C/1.CCc1ccc(-c2ccc(-c3ccc(-c4ccccc4C)c(C)c3)cc2)cc1.NC(c1ccccc1)c1ccccc1. The van der Waals surface area contributed by atoms with Gasteiger partial charge in [0, 0.05) is 16.9 Å². The third kappa shape index (κ3) is 12.8. The molecular weight excluding hydrogens is 833 g/mol. The van der Waals surface area contributed by atoms with E-state index >= 15 is 0 Å². The first-order valence-electron chi connectivity index (χ1n) is 23.9. The Hall–Kier alpha value is -8.30. The second-order valence-corrected chi connectivity index (χ2v) is 17.1. The van der Waals surface area contributed by atoms with E-state index in [2.05, 4.69) is 245 Å². The van der Waals surface area contributed by atoms with Crippen molar-refractivity contribution in [1.29, 1.82) is 0 Å². The lowest BCUT2D eigenvalue weighted by Gasteiger charge is -2.14. The summed E-state index contributed by atoms with van der Waals surface area (Å²) in [6.45, 7) is 6.57. The lowest BCUT2D eigenvalue weighted by Crippen LogP contribution is -2.11. The number of benzene rings is 9. The molecular formula is C67H60N2. The molecule has 0 aromatic heterocycles. The molecule has 2 nitrogen and oxygen atoms in total. The van der Waals surface area contributed by atoms with Crippen LogP contribution >= 0.6 is 0 Å². The molecule has 0 atom stereocenters. The topological polar surface area (TPSA) is 38.0 Å². The Morgan fingerprint density at radius 3 is 1.39 bits per heavy atom. The molecule has 0 unspecified atom stereocenters. The van der Waals surface area contributed by atoms with E-state index in [9.17, 15) is 0 Å². The number of anilines is 1. The number of nitrogens with two attached hydrogens (primary N) is 1. The van der Waals surface area contributed by atoms with Crippen molar-refractivity contribution in [3.63, 3.8) is 0 Å². The van der Waals surface area contributed by atoms with E-state index in [0.717, 1.165) is 28.9 Å². The molecule has 0 saturated heterocycles. The lowest BCUT2D eigenvalue weighted by molar-refractivity contribution is 0.871. The molecule has 0 radical (unpaired) electrons. The van der Waals surface area contributed by atoms with Crippen molar-refractivity contribution >= 4 is 29.6 Å². The van der Waals surface area contributed by atoms with Gasteiger partial charge in [0.05, 0.1) is 6.04 Å². The number of hydrogen-bond acceptors (Lipinski definition) is 2. The predicted molar refractivity (Wildman–Crippen MR) is 299 cm³/mol. The second-order valence-electron chi connectivity index (χ2n) is 17.1. The van der Waals surface area contributed by atoms with Gasteiger partial charge in [-0.25, -0.2) is 0 Å². The third-order valence-corrected chi connectivity index (χ3v) is 12.4. The van der Waals surface area contributed by atoms with Gasteiger partial charge in [-0.3, -0.25) is 0 Å². The number of hydrogen-bond donors (Lipinski definition) is 2. The minimum atomic E-state index is -0.0163. The van der Waals surface area contributed by atoms with Gasteiger partial charge in [-0.05, 0) is 116 Å². The zero-order chi connectivity index (χ0) is 47.6. The molecule has 69 heavy (non-hydrogen) atoms. The zero-order valence-electron chi connectivity index (χ0n) is 39.8. The van der Waals surface area contributed by atoms with Crippen LogP contribution in [0, 0.1) is 13.8 Å². The quantitative estimate of drug-likeness (QED) is 0.159. The van der Waals surface area contributed by atoms with Crippen molar-refractivity contribution in [3.05, 3.63) is 305 Å². The van der Waals surface area contributed by atoms with Crippen LogP contribution in [0.25, 0.3) is 57.3 Å². The van der Waals surface area contributed by atoms with Crippen molar-refractivity contribution in [2.45, 2.75) is 33.2 Å². The summed E-state index contributed by atoms with van der Waals surface area (Å²) < 4.78 is 0. The third-order valence-electron chi connectivity index (χ3n) is 12.4. The van der Waals surface area contributed by atoms with Crippen molar-refractivity contribution in [1.82, 2.24) is 0 Å². The summed E-state index contributed by atoms with van der Waals surface area (Å²) in [4.78, 5) is 0. The number of rotatable bonds is 8. The molecule has 9 aromatic carbocycles. The minimum absolute atomic E-state index is 0.0163. The summed E-state index contributed by atoms with van der Waals surface area (Å²) in [7, 11) is 0. The first-order chi connectivity index (χ1) is 33.9. The second kappa shape index (κ2) is 23.9. The van der Waals surface area contributed by atoms with Gasteiger partial charge in [-0.1, -0.05) is 262 Å². The Balaban J connectivity index is 0.000000147. The maximum atomic E-state index is 6.12. The summed E-state index contributed by atoms with van der Waals surface area (Å²) in [6, 6.07) is 80.5. The molecule has 0 saturated carbocycles. The van der Waals surface area contributed by atoms with Gasteiger partial charge in [-0.2, -0.15) is 0 Å². The van der Waals surface area contributed by atoms with E-state index in [1.54, 1.807) is 0 Å². The molecule has 10 rings (SSSR count). The first-order valence-corrected chi connectivity index (χ1v) is 23.9. The lowest BCUT2D eigenvalue weighted by atomic mass is 9.93. The average molecular weight is 893 g/mol. The number of nitrogens with one attached hydrogen (secondary N) is 1. The first kappa shape index (κ1) is 47.2. The van der Waals surface area contributed by atoms with Crippen molar-refractivity contribution in [2.24, 2.45) is 5.73 Å². The average Bonchev–Trinajstić information content (AvgIpc) is 3.41. The van der Waals surface area contributed by atoms with E-state index in [1.807, 2.05) is 54.6 Å². The standard InChI is InChI=1S/C28H26.C26H21N.C13H13N/c1-4-22-9-11-23(12-10-22)24-13-15-25(16-14-24)26-17-18-28(21(3)19-26)27-8-6-5-7-20(27)2;1-2-17-24(18-3-1)27-26-20-10-16-22-13-5-4-11-21(22)12-6-7-14-23-15-8-9-19-25(23)26;14-13(11-7-3-1-4-8-11)12-9-5-2-6-10-12/h5-19H,4H2,1-3H3;1-20,27H;1-10,13H,14H2/b;7-6?,12-6+,14-7-,16-10-,20-10?,21-12?,22-16?,23-14?,26-20-,26-25?;. The van der Waals surface area contributed by atoms with Gasteiger partial charge in [0.1, 0.15) is 0 Å². The summed E-state index contributed by atoms with van der Waals surface area (Å²) in [6.07, 6.45) is 16.0. The monoisotopic (exact) mass is 892 g/mol. The van der Waals surface area contributed by atoms with Crippen LogP contribution in [-0.2, 0) is 6.42 Å². The Morgan fingerprint density at radius 1 is 0.391 bits per heavy atom. The number of para-hydroxylation sites is 1. The van der Waals surface area contributed by atoms with Gasteiger partial charge < -0.3 is 11.1 Å². The van der Waals surface area contributed by atoms with Crippen LogP contribution in [0.1, 0.15) is 63.0 Å². The molecule has 0 fully saturated rings. The summed E-state index contributed by atoms with van der Waals surface area (Å²) >= 11 is 0. The highest BCUT2D eigenvalue weighted by atomic mass is 14.9. The zero-order valence-corrected chi connectivity index (χ0v) is 39.8. The number of aryl methyl sites for hydroxylation is 3. The van der Waals surface area contributed by atoms with Crippen LogP contribution in [0.2, 0.25) is 0 Å². The highest BCUT2D eigenvalue weighted by Crippen LogP contribution is 2.32. The fourth-order valence-corrected chi connectivity index (χ4v) is 8.47. The van der Waals surface area contributed by atoms with Crippen molar-refractivity contribution < 1.29 is 0 Å². The van der Waals surface area contributed by atoms with Crippen LogP contribution in [0.3, 0.4) is 0 Å². The highest BCUT2D eigenvalue weighted by Gasteiger charge is 2.10. The van der Waals surface area contributed by atoms with Gasteiger partial charge in [0.15, 0.2) is 0 Å². The summed E-state index contributed by atoms with van der Waals surface area (Å²) in [5.41, 5.74) is 27.0. The van der Waals surface area contributed by atoms with Crippen LogP contribution in [0.15, 0.2) is 255 Å².